The molecule has 0 radical (unpaired) electrons. The van der Waals surface area contributed by atoms with Crippen LogP contribution in [0, 0.1) is 11.8 Å². The van der Waals surface area contributed by atoms with E-state index in [0.717, 1.165) is 18.4 Å². The van der Waals surface area contributed by atoms with Crippen molar-refractivity contribution in [1.29, 1.82) is 0 Å². The molecule has 17 heavy (non-hydrogen) atoms. The second-order valence-corrected chi connectivity index (χ2v) is 4.09. The van der Waals surface area contributed by atoms with Gasteiger partial charge in [0.05, 0.1) is 7.11 Å². The third-order valence-electron chi connectivity index (χ3n) is 2.58. The van der Waals surface area contributed by atoms with E-state index in [1.165, 1.54) is 45.3 Å². The fourth-order valence-corrected chi connectivity index (χ4v) is 1.63. The molecule has 0 heterocycles. The summed E-state index contributed by atoms with van der Waals surface area (Å²) < 4.78 is 4.60. The molecular formula is C15H24O2. The third kappa shape index (κ3) is 9.68. The lowest BCUT2D eigenvalue weighted by Crippen LogP contribution is -1.96. The van der Waals surface area contributed by atoms with E-state index in [1.807, 2.05) is 0 Å². The molecule has 0 unspecified atom stereocenters. The van der Waals surface area contributed by atoms with Gasteiger partial charge in [-0.3, -0.25) is 0 Å². The predicted octanol–water partition coefficient (Wildman–Crippen LogP) is 3.86. The Morgan fingerprint density at radius 3 is 2.41 bits per heavy atom. The van der Waals surface area contributed by atoms with Gasteiger partial charge in [0.1, 0.15) is 0 Å². The maximum absolute atomic E-state index is 11.1. The number of ether oxygens (including phenoxy) is 1. The van der Waals surface area contributed by atoms with E-state index >= 15 is 0 Å². The van der Waals surface area contributed by atoms with E-state index in [-0.39, 0.29) is 5.97 Å². The average Bonchev–Trinajstić information content (AvgIpc) is 2.33. The zero-order valence-electron chi connectivity index (χ0n) is 11.3. The SMILES string of the molecule is CC#C/C(=C\C(=O)OC)CCCCCCCC. The molecule has 0 rings (SSSR count). The molecule has 0 aromatic carbocycles. The Balaban J connectivity index is 3.89. The lowest BCUT2D eigenvalue weighted by molar-refractivity contribution is -0.134. The summed E-state index contributed by atoms with van der Waals surface area (Å²) >= 11 is 0. The van der Waals surface area contributed by atoms with Crippen LogP contribution in [0.1, 0.15) is 58.8 Å². The lowest BCUT2D eigenvalue weighted by Gasteiger charge is -2.01. The summed E-state index contributed by atoms with van der Waals surface area (Å²) in [5.41, 5.74) is 0.884. The molecule has 0 aromatic rings. The first-order valence-corrected chi connectivity index (χ1v) is 6.45. The van der Waals surface area contributed by atoms with Gasteiger partial charge >= 0.3 is 5.97 Å². The van der Waals surface area contributed by atoms with Gasteiger partial charge in [0.25, 0.3) is 0 Å². The second kappa shape index (κ2) is 11.3. The van der Waals surface area contributed by atoms with Crippen molar-refractivity contribution < 1.29 is 9.53 Å². The zero-order valence-corrected chi connectivity index (χ0v) is 11.3. The fraction of sp³-hybridized carbons (Fsp3) is 0.667. The topological polar surface area (TPSA) is 26.3 Å². The molecule has 0 aromatic heterocycles. The van der Waals surface area contributed by atoms with Crippen molar-refractivity contribution in [2.24, 2.45) is 0 Å². The van der Waals surface area contributed by atoms with E-state index in [9.17, 15) is 4.79 Å². The van der Waals surface area contributed by atoms with E-state index < -0.39 is 0 Å². The summed E-state index contributed by atoms with van der Waals surface area (Å²) in [6.45, 7) is 4.00. The van der Waals surface area contributed by atoms with Crippen molar-refractivity contribution in [2.45, 2.75) is 58.8 Å². The summed E-state index contributed by atoms with van der Waals surface area (Å²) in [6.07, 6.45) is 9.87. The number of allylic oxidation sites excluding steroid dienone is 1. The van der Waals surface area contributed by atoms with Gasteiger partial charge in [0, 0.05) is 11.6 Å². The minimum atomic E-state index is -0.311. The molecule has 2 heteroatoms. The molecule has 96 valence electrons. The third-order valence-corrected chi connectivity index (χ3v) is 2.58. The first kappa shape index (κ1) is 15.8. The normalized spacial score (nSPS) is 10.6. The first-order chi connectivity index (χ1) is 8.24. The fourth-order valence-electron chi connectivity index (χ4n) is 1.63. The van der Waals surface area contributed by atoms with Crippen LogP contribution in [0.25, 0.3) is 0 Å². The van der Waals surface area contributed by atoms with Crippen molar-refractivity contribution in [3.8, 4) is 11.8 Å². The molecule has 0 fully saturated rings. The molecule has 0 bridgehead atoms. The Hall–Kier alpha value is -1.23. The van der Waals surface area contributed by atoms with Crippen LogP contribution in [0.3, 0.4) is 0 Å². The van der Waals surface area contributed by atoms with E-state index in [2.05, 4.69) is 23.5 Å². The van der Waals surface area contributed by atoms with Crippen molar-refractivity contribution in [2.75, 3.05) is 7.11 Å². The monoisotopic (exact) mass is 236 g/mol. The van der Waals surface area contributed by atoms with Crippen LogP contribution in [0.4, 0.5) is 0 Å². The van der Waals surface area contributed by atoms with Gasteiger partial charge < -0.3 is 4.74 Å². The maximum atomic E-state index is 11.1. The van der Waals surface area contributed by atoms with Crippen LogP contribution < -0.4 is 0 Å². The average molecular weight is 236 g/mol. The summed E-state index contributed by atoms with van der Waals surface area (Å²) in [5, 5.41) is 0. The molecule has 0 saturated heterocycles. The molecule has 0 amide bonds. The largest absolute Gasteiger partial charge is 0.466 e. The van der Waals surface area contributed by atoms with Crippen molar-refractivity contribution in [3.05, 3.63) is 11.6 Å². The molecule has 0 atom stereocenters. The lowest BCUT2D eigenvalue weighted by atomic mass is 10.1. The van der Waals surface area contributed by atoms with E-state index in [4.69, 9.17) is 0 Å². The van der Waals surface area contributed by atoms with Crippen LogP contribution in [0.15, 0.2) is 11.6 Å². The minimum Gasteiger partial charge on any atom is -0.466 e. The van der Waals surface area contributed by atoms with Crippen LogP contribution in [-0.2, 0) is 9.53 Å². The number of rotatable bonds is 8. The van der Waals surface area contributed by atoms with Crippen molar-refractivity contribution in [1.82, 2.24) is 0 Å². The Labute approximate surface area is 105 Å². The molecule has 0 saturated carbocycles. The number of carbonyl (C=O) groups excluding carboxylic acids is 1. The number of carbonyl (C=O) groups is 1. The second-order valence-electron chi connectivity index (χ2n) is 4.09. The summed E-state index contributed by atoms with van der Waals surface area (Å²) in [6, 6.07) is 0. The highest BCUT2D eigenvalue weighted by Crippen LogP contribution is 2.11. The van der Waals surface area contributed by atoms with Gasteiger partial charge in [-0.15, -0.1) is 5.92 Å². The molecule has 0 aliphatic rings. The smallest absolute Gasteiger partial charge is 0.331 e. The van der Waals surface area contributed by atoms with E-state index in [0.29, 0.717) is 0 Å². The predicted molar refractivity (Wildman–Crippen MR) is 71.5 cm³/mol. The van der Waals surface area contributed by atoms with Gasteiger partial charge in [-0.05, 0) is 19.8 Å². The molecule has 0 aliphatic carbocycles. The summed E-state index contributed by atoms with van der Waals surface area (Å²) in [7, 11) is 1.39. The molecule has 2 nitrogen and oxygen atoms in total. The highest BCUT2D eigenvalue weighted by atomic mass is 16.5. The van der Waals surface area contributed by atoms with Gasteiger partial charge in [-0.2, -0.15) is 0 Å². The number of methoxy groups -OCH3 is 1. The standard InChI is InChI=1S/C15H24O2/c1-4-6-7-8-9-10-12-14(11-5-2)13-15(16)17-3/h13H,4,6-10,12H2,1-3H3/b14-13+. The molecule has 0 aliphatic heterocycles. The zero-order chi connectivity index (χ0) is 12.9. The van der Waals surface area contributed by atoms with Crippen molar-refractivity contribution in [3.63, 3.8) is 0 Å². The molecule has 0 N–H and O–H groups in total. The van der Waals surface area contributed by atoms with Gasteiger partial charge in [0.15, 0.2) is 0 Å². The Morgan fingerprint density at radius 1 is 1.18 bits per heavy atom. The van der Waals surface area contributed by atoms with Gasteiger partial charge in [-0.1, -0.05) is 44.9 Å². The minimum absolute atomic E-state index is 0.311. The number of unbranched alkanes of at least 4 members (excludes halogenated alkanes) is 5. The quantitative estimate of drug-likeness (QED) is 0.277. The van der Waals surface area contributed by atoms with Crippen LogP contribution in [-0.4, -0.2) is 13.1 Å². The number of hydrogen-bond acceptors (Lipinski definition) is 2. The maximum Gasteiger partial charge on any atom is 0.331 e. The number of hydrogen-bond donors (Lipinski definition) is 0. The Kier molecular flexibility index (Phi) is 10.4. The summed E-state index contributed by atoms with van der Waals surface area (Å²) in [5.74, 6) is 5.48. The summed E-state index contributed by atoms with van der Waals surface area (Å²) in [4.78, 5) is 11.1. The molecular weight excluding hydrogens is 212 g/mol. The van der Waals surface area contributed by atoms with Crippen molar-refractivity contribution >= 4 is 5.97 Å². The van der Waals surface area contributed by atoms with Crippen LogP contribution in [0.2, 0.25) is 0 Å². The Morgan fingerprint density at radius 2 is 1.82 bits per heavy atom. The molecule has 0 spiro atoms. The first-order valence-electron chi connectivity index (χ1n) is 6.45. The van der Waals surface area contributed by atoms with E-state index in [1.54, 1.807) is 6.92 Å². The highest BCUT2D eigenvalue weighted by Gasteiger charge is 1.99. The van der Waals surface area contributed by atoms with Gasteiger partial charge in [0.2, 0.25) is 0 Å². The number of esters is 1. The highest BCUT2D eigenvalue weighted by molar-refractivity contribution is 5.83. The van der Waals surface area contributed by atoms with Crippen LogP contribution >= 0.6 is 0 Å². The van der Waals surface area contributed by atoms with Gasteiger partial charge in [-0.25, -0.2) is 4.79 Å². The van der Waals surface area contributed by atoms with Crippen LogP contribution in [0.5, 0.6) is 0 Å². The Bertz CT molecular complexity index is 292.